The molecule has 0 saturated carbocycles. The Balaban J connectivity index is 2.47. The van der Waals surface area contributed by atoms with Crippen LogP contribution >= 0.6 is 0 Å². The van der Waals surface area contributed by atoms with Crippen LogP contribution < -0.4 is 5.73 Å². The number of nitrogens with two attached hydrogens (primary N) is 1. The predicted molar refractivity (Wildman–Crippen MR) is 68.7 cm³/mol. The van der Waals surface area contributed by atoms with Gasteiger partial charge in [-0.25, -0.2) is 0 Å². The van der Waals surface area contributed by atoms with Gasteiger partial charge in [-0.2, -0.15) is 5.10 Å². The lowest BCUT2D eigenvalue weighted by molar-refractivity contribution is -0.118. The maximum absolute atomic E-state index is 11.8. The first-order valence-corrected chi connectivity index (χ1v) is 6.30. The Kier molecular flexibility index (Phi) is 5.35. The van der Waals surface area contributed by atoms with E-state index in [0.29, 0.717) is 25.3 Å². The second-order valence-corrected chi connectivity index (χ2v) is 4.70. The summed E-state index contributed by atoms with van der Waals surface area (Å²) in [6.45, 7) is 4.79. The van der Waals surface area contributed by atoms with E-state index in [2.05, 4.69) is 18.9 Å². The van der Waals surface area contributed by atoms with Crippen molar-refractivity contribution in [3.05, 3.63) is 17.5 Å². The van der Waals surface area contributed by atoms with Crippen LogP contribution in [0, 0.1) is 5.92 Å². The lowest BCUT2D eigenvalue weighted by atomic mass is 10.0. The molecule has 0 aliphatic rings. The van der Waals surface area contributed by atoms with E-state index >= 15 is 0 Å². The Morgan fingerprint density at radius 3 is 2.82 bits per heavy atom. The van der Waals surface area contributed by atoms with Gasteiger partial charge < -0.3 is 5.73 Å². The first-order valence-electron chi connectivity index (χ1n) is 6.30. The number of aryl methyl sites for hydroxylation is 2. The molecule has 0 radical (unpaired) electrons. The number of carbonyl (C=O) groups is 1. The molecule has 0 saturated heterocycles. The molecular weight excluding hydrogens is 214 g/mol. The largest absolute Gasteiger partial charge is 0.330 e. The van der Waals surface area contributed by atoms with E-state index in [1.165, 1.54) is 0 Å². The fourth-order valence-electron chi connectivity index (χ4n) is 1.73. The first-order chi connectivity index (χ1) is 8.06. The van der Waals surface area contributed by atoms with Gasteiger partial charge >= 0.3 is 0 Å². The van der Waals surface area contributed by atoms with Gasteiger partial charge in [0.05, 0.1) is 5.69 Å². The van der Waals surface area contributed by atoms with Gasteiger partial charge in [-0.3, -0.25) is 9.48 Å². The number of hydrogen-bond acceptors (Lipinski definition) is 3. The normalized spacial score (nSPS) is 12.7. The number of carbonyl (C=O) groups excluding carboxylic acids is 1. The van der Waals surface area contributed by atoms with E-state index in [0.717, 1.165) is 24.2 Å². The second kappa shape index (κ2) is 6.55. The summed E-state index contributed by atoms with van der Waals surface area (Å²) in [6, 6.07) is 2.02. The summed E-state index contributed by atoms with van der Waals surface area (Å²) in [4.78, 5) is 11.8. The van der Waals surface area contributed by atoms with Gasteiger partial charge in [0.15, 0.2) is 0 Å². The maximum Gasteiger partial charge on any atom is 0.138 e. The van der Waals surface area contributed by atoms with E-state index in [9.17, 15) is 4.79 Å². The Labute approximate surface area is 103 Å². The van der Waals surface area contributed by atoms with Crippen LogP contribution in [0.2, 0.25) is 0 Å². The molecule has 0 amide bonds. The van der Waals surface area contributed by atoms with E-state index in [4.69, 9.17) is 5.73 Å². The summed E-state index contributed by atoms with van der Waals surface area (Å²) in [5, 5.41) is 4.34. The van der Waals surface area contributed by atoms with Crippen molar-refractivity contribution < 1.29 is 4.79 Å². The van der Waals surface area contributed by atoms with Crippen LogP contribution in [0.4, 0.5) is 0 Å². The van der Waals surface area contributed by atoms with Crippen molar-refractivity contribution in [1.82, 2.24) is 9.78 Å². The molecule has 4 nitrogen and oxygen atoms in total. The van der Waals surface area contributed by atoms with Gasteiger partial charge in [-0.05, 0) is 31.4 Å². The van der Waals surface area contributed by atoms with Crippen LogP contribution in [0.1, 0.15) is 38.1 Å². The molecule has 1 heterocycles. The molecule has 0 aliphatic heterocycles. The van der Waals surface area contributed by atoms with Gasteiger partial charge in [0.1, 0.15) is 5.78 Å². The molecule has 1 aromatic heterocycles. The number of aromatic nitrogens is 2. The predicted octanol–water partition coefficient (Wildman–Crippen LogP) is 1.47. The fraction of sp³-hybridized carbons (Fsp3) is 0.692. The molecule has 1 unspecified atom stereocenters. The highest BCUT2D eigenvalue weighted by molar-refractivity contribution is 5.80. The van der Waals surface area contributed by atoms with Gasteiger partial charge in [0, 0.05) is 25.6 Å². The molecule has 0 bridgehead atoms. The monoisotopic (exact) mass is 237 g/mol. The summed E-state index contributed by atoms with van der Waals surface area (Å²) < 4.78 is 1.81. The highest BCUT2D eigenvalue weighted by Crippen LogP contribution is 2.09. The number of ketones is 1. The molecule has 1 rings (SSSR count). The zero-order chi connectivity index (χ0) is 12.8. The summed E-state index contributed by atoms with van der Waals surface area (Å²) >= 11 is 0. The third-order valence-electron chi connectivity index (χ3n) is 3.09. The summed E-state index contributed by atoms with van der Waals surface area (Å²) in [5.74, 6) is 0.702. The third kappa shape index (κ3) is 4.30. The first kappa shape index (κ1) is 13.9. The molecule has 0 fully saturated rings. The van der Waals surface area contributed by atoms with Gasteiger partial charge in [-0.1, -0.05) is 13.8 Å². The number of rotatable bonds is 7. The van der Waals surface area contributed by atoms with Gasteiger partial charge in [-0.15, -0.1) is 0 Å². The molecule has 0 aromatic carbocycles. The van der Waals surface area contributed by atoms with E-state index in [-0.39, 0.29) is 5.78 Å². The molecule has 1 aromatic rings. The number of nitrogens with zero attached hydrogens (tertiary/aromatic N) is 2. The Morgan fingerprint density at radius 2 is 2.29 bits per heavy atom. The van der Waals surface area contributed by atoms with Gasteiger partial charge in [0.25, 0.3) is 0 Å². The van der Waals surface area contributed by atoms with E-state index < -0.39 is 0 Å². The topological polar surface area (TPSA) is 60.9 Å². The van der Waals surface area contributed by atoms with E-state index in [1.807, 2.05) is 17.8 Å². The Bertz CT molecular complexity index is 371. The number of hydrogen-bond donors (Lipinski definition) is 1. The minimum Gasteiger partial charge on any atom is -0.330 e. The SMILES string of the molecule is CCc1cc(CC(=O)CCC(C)CN)n(C)n1. The zero-order valence-corrected chi connectivity index (χ0v) is 11.1. The van der Waals surface area contributed by atoms with Crippen molar-refractivity contribution in [3.63, 3.8) is 0 Å². The average Bonchev–Trinajstić information content (AvgIpc) is 2.67. The average molecular weight is 237 g/mol. The van der Waals surface area contributed by atoms with Crippen LogP contribution in [0.15, 0.2) is 6.07 Å². The van der Waals surface area contributed by atoms with Crippen molar-refractivity contribution in [2.75, 3.05) is 6.54 Å². The molecule has 2 N–H and O–H groups in total. The quantitative estimate of drug-likeness (QED) is 0.781. The van der Waals surface area contributed by atoms with Crippen molar-refractivity contribution >= 4 is 5.78 Å². The zero-order valence-electron chi connectivity index (χ0n) is 11.1. The van der Waals surface area contributed by atoms with Crippen molar-refractivity contribution in [2.45, 2.75) is 39.5 Å². The van der Waals surface area contributed by atoms with Crippen LogP contribution in [-0.4, -0.2) is 22.1 Å². The van der Waals surface area contributed by atoms with Crippen LogP contribution in [0.3, 0.4) is 0 Å². The summed E-state index contributed by atoms with van der Waals surface area (Å²) in [7, 11) is 1.89. The molecule has 1 atom stereocenters. The molecule has 4 heteroatoms. The van der Waals surface area contributed by atoms with Crippen LogP contribution in [0.25, 0.3) is 0 Å². The Morgan fingerprint density at radius 1 is 1.59 bits per heavy atom. The van der Waals surface area contributed by atoms with Crippen molar-refractivity contribution in [3.8, 4) is 0 Å². The molecular formula is C13H23N3O. The molecule has 96 valence electrons. The summed E-state index contributed by atoms with van der Waals surface area (Å²) in [6.07, 6.45) is 2.89. The highest BCUT2D eigenvalue weighted by atomic mass is 16.1. The number of Topliss-reactive ketones (excluding diaryl/α,β-unsaturated/α-hetero) is 1. The maximum atomic E-state index is 11.8. The molecule has 17 heavy (non-hydrogen) atoms. The Hall–Kier alpha value is -1.16. The minimum absolute atomic E-state index is 0.274. The lowest BCUT2D eigenvalue weighted by Crippen LogP contribution is -2.14. The molecule has 0 aliphatic carbocycles. The molecule has 0 spiro atoms. The van der Waals surface area contributed by atoms with E-state index in [1.54, 1.807) is 0 Å². The van der Waals surface area contributed by atoms with Crippen molar-refractivity contribution in [1.29, 1.82) is 0 Å². The van der Waals surface area contributed by atoms with Crippen LogP contribution in [-0.2, 0) is 24.7 Å². The highest BCUT2D eigenvalue weighted by Gasteiger charge is 2.10. The van der Waals surface area contributed by atoms with Gasteiger partial charge in [0.2, 0.25) is 0 Å². The second-order valence-electron chi connectivity index (χ2n) is 4.70. The summed E-state index contributed by atoms with van der Waals surface area (Å²) in [5.41, 5.74) is 7.58. The standard InChI is InChI=1S/C13H23N3O/c1-4-11-7-12(16(3)15-11)8-13(17)6-5-10(2)9-14/h7,10H,4-6,8-9,14H2,1-3H3. The fourth-order valence-corrected chi connectivity index (χ4v) is 1.73. The smallest absolute Gasteiger partial charge is 0.138 e. The van der Waals surface area contributed by atoms with Crippen molar-refractivity contribution in [2.24, 2.45) is 18.7 Å². The minimum atomic E-state index is 0.274. The van der Waals surface area contributed by atoms with Crippen LogP contribution in [0.5, 0.6) is 0 Å². The third-order valence-corrected chi connectivity index (χ3v) is 3.09. The lowest BCUT2D eigenvalue weighted by Gasteiger charge is -2.07.